The maximum atomic E-state index is 4.77. The monoisotopic (exact) mass is 256 g/mol. The molecule has 0 amide bonds. The van der Waals surface area contributed by atoms with Crippen LogP contribution in [0.2, 0.25) is 0 Å². The number of hydrogen-bond donors (Lipinski definition) is 1. The van der Waals surface area contributed by atoms with Gasteiger partial charge in [-0.15, -0.1) is 0 Å². The van der Waals surface area contributed by atoms with Gasteiger partial charge in [0.15, 0.2) is 0 Å². The summed E-state index contributed by atoms with van der Waals surface area (Å²) >= 11 is 0. The summed E-state index contributed by atoms with van der Waals surface area (Å²) in [5.41, 5.74) is 1.93. The van der Waals surface area contributed by atoms with Gasteiger partial charge in [-0.3, -0.25) is 4.98 Å². The predicted molar refractivity (Wildman–Crippen MR) is 78.4 cm³/mol. The number of anilines is 1. The lowest BCUT2D eigenvalue weighted by molar-refractivity contribution is 0.388. The third-order valence-corrected chi connectivity index (χ3v) is 3.78. The van der Waals surface area contributed by atoms with Crippen molar-refractivity contribution in [3.05, 3.63) is 30.5 Å². The highest BCUT2D eigenvalue weighted by Gasteiger charge is 2.26. The molecule has 100 valence electrons. The first kappa shape index (κ1) is 12.4. The Kier molecular flexibility index (Phi) is 3.34. The molecule has 1 N–H and O–H groups in total. The van der Waals surface area contributed by atoms with Gasteiger partial charge in [-0.2, -0.15) is 0 Å². The fraction of sp³-hybridized carbons (Fsp3) is 0.467. The fourth-order valence-electron chi connectivity index (χ4n) is 2.69. The van der Waals surface area contributed by atoms with Crippen LogP contribution in [0.15, 0.2) is 30.5 Å². The molecule has 0 bridgehead atoms. The zero-order valence-electron chi connectivity index (χ0n) is 11.5. The molecular formula is C15H20N4. The van der Waals surface area contributed by atoms with Crippen LogP contribution in [-0.2, 0) is 0 Å². The molecule has 1 aromatic carbocycles. The SMILES string of the molecule is CC(C)[C@@H]1CNCCN1c1cnc2ccccc2n1. The van der Waals surface area contributed by atoms with E-state index in [2.05, 4.69) is 29.0 Å². The van der Waals surface area contributed by atoms with Crippen molar-refractivity contribution in [2.45, 2.75) is 19.9 Å². The number of piperazine rings is 1. The second kappa shape index (κ2) is 5.13. The molecule has 0 unspecified atom stereocenters. The molecule has 1 saturated heterocycles. The number of nitrogens with zero attached hydrogens (tertiary/aromatic N) is 3. The van der Waals surface area contributed by atoms with Crippen LogP contribution in [0.1, 0.15) is 13.8 Å². The van der Waals surface area contributed by atoms with Crippen LogP contribution >= 0.6 is 0 Å². The number of aromatic nitrogens is 2. The van der Waals surface area contributed by atoms with Crippen LogP contribution in [0, 0.1) is 5.92 Å². The van der Waals surface area contributed by atoms with E-state index in [1.54, 1.807) is 0 Å². The highest BCUT2D eigenvalue weighted by atomic mass is 15.3. The molecule has 0 saturated carbocycles. The largest absolute Gasteiger partial charge is 0.350 e. The van der Waals surface area contributed by atoms with E-state index in [0.717, 1.165) is 36.5 Å². The van der Waals surface area contributed by atoms with Gasteiger partial charge in [0, 0.05) is 25.7 Å². The van der Waals surface area contributed by atoms with E-state index in [-0.39, 0.29) is 0 Å². The van der Waals surface area contributed by atoms with E-state index in [0.29, 0.717) is 12.0 Å². The molecule has 1 aliphatic heterocycles. The first-order valence-electron chi connectivity index (χ1n) is 6.95. The van der Waals surface area contributed by atoms with Crippen molar-refractivity contribution in [3.8, 4) is 0 Å². The van der Waals surface area contributed by atoms with Crippen molar-refractivity contribution in [3.63, 3.8) is 0 Å². The van der Waals surface area contributed by atoms with Gasteiger partial charge < -0.3 is 10.2 Å². The molecule has 1 aromatic heterocycles. The lowest BCUT2D eigenvalue weighted by Gasteiger charge is -2.39. The predicted octanol–water partition coefficient (Wildman–Crippen LogP) is 2.06. The summed E-state index contributed by atoms with van der Waals surface area (Å²) in [6.07, 6.45) is 1.91. The van der Waals surface area contributed by atoms with Crippen molar-refractivity contribution in [2.75, 3.05) is 24.5 Å². The normalized spacial score (nSPS) is 20.2. The molecule has 3 rings (SSSR count). The van der Waals surface area contributed by atoms with Gasteiger partial charge in [-0.1, -0.05) is 26.0 Å². The van der Waals surface area contributed by atoms with E-state index >= 15 is 0 Å². The molecule has 0 spiro atoms. The lowest BCUT2D eigenvalue weighted by Crippen LogP contribution is -2.54. The maximum Gasteiger partial charge on any atom is 0.148 e. The minimum atomic E-state index is 0.490. The van der Waals surface area contributed by atoms with Gasteiger partial charge in [0.25, 0.3) is 0 Å². The topological polar surface area (TPSA) is 41.0 Å². The number of benzene rings is 1. The summed E-state index contributed by atoms with van der Waals surface area (Å²) in [6.45, 7) is 7.55. The first-order valence-corrected chi connectivity index (χ1v) is 6.95. The summed E-state index contributed by atoms with van der Waals surface area (Å²) in [5.74, 6) is 1.60. The average molecular weight is 256 g/mol. The minimum absolute atomic E-state index is 0.490. The molecular weight excluding hydrogens is 236 g/mol. The molecule has 2 aromatic rings. The van der Waals surface area contributed by atoms with Gasteiger partial charge >= 0.3 is 0 Å². The van der Waals surface area contributed by atoms with E-state index < -0.39 is 0 Å². The number of nitrogens with one attached hydrogen (secondary N) is 1. The number of para-hydroxylation sites is 2. The maximum absolute atomic E-state index is 4.77. The van der Waals surface area contributed by atoms with Crippen molar-refractivity contribution in [1.82, 2.24) is 15.3 Å². The standard InChI is InChI=1S/C15H20N4/c1-11(2)14-9-16-7-8-19(14)15-10-17-12-5-3-4-6-13(12)18-15/h3-6,10-11,14,16H,7-9H2,1-2H3/t14-/m0/s1. The van der Waals surface area contributed by atoms with Gasteiger partial charge in [0.1, 0.15) is 5.82 Å². The molecule has 4 heteroatoms. The molecule has 1 atom stereocenters. The Morgan fingerprint density at radius 2 is 2.05 bits per heavy atom. The Bertz CT molecular complexity index is 567. The molecule has 2 heterocycles. The zero-order valence-corrected chi connectivity index (χ0v) is 11.5. The Morgan fingerprint density at radius 3 is 2.84 bits per heavy atom. The van der Waals surface area contributed by atoms with E-state index in [4.69, 9.17) is 4.98 Å². The first-order chi connectivity index (χ1) is 9.25. The van der Waals surface area contributed by atoms with Crippen molar-refractivity contribution < 1.29 is 0 Å². The fourth-order valence-corrected chi connectivity index (χ4v) is 2.69. The second-order valence-electron chi connectivity index (χ2n) is 5.43. The summed E-state index contributed by atoms with van der Waals surface area (Å²) in [5, 5.41) is 3.46. The zero-order chi connectivity index (χ0) is 13.2. The summed E-state index contributed by atoms with van der Waals surface area (Å²) in [4.78, 5) is 11.7. The summed E-state index contributed by atoms with van der Waals surface area (Å²) < 4.78 is 0. The van der Waals surface area contributed by atoms with Gasteiger partial charge in [0.2, 0.25) is 0 Å². The smallest absolute Gasteiger partial charge is 0.148 e. The van der Waals surface area contributed by atoms with Crippen LogP contribution in [0.5, 0.6) is 0 Å². The molecule has 1 fully saturated rings. The molecule has 19 heavy (non-hydrogen) atoms. The van der Waals surface area contributed by atoms with Crippen LogP contribution in [-0.4, -0.2) is 35.6 Å². The highest BCUT2D eigenvalue weighted by molar-refractivity contribution is 5.75. The van der Waals surface area contributed by atoms with Crippen LogP contribution in [0.3, 0.4) is 0 Å². The van der Waals surface area contributed by atoms with Gasteiger partial charge in [-0.05, 0) is 18.1 Å². The molecule has 1 aliphatic rings. The quantitative estimate of drug-likeness (QED) is 0.893. The average Bonchev–Trinajstić information content (AvgIpc) is 2.46. The number of hydrogen-bond acceptors (Lipinski definition) is 4. The van der Waals surface area contributed by atoms with Crippen LogP contribution < -0.4 is 10.2 Å². The minimum Gasteiger partial charge on any atom is -0.350 e. The number of fused-ring (bicyclic) bond motifs is 1. The number of rotatable bonds is 2. The third-order valence-electron chi connectivity index (χ3n) is 3.78. The lowest BCUT2D eigenvalue weighted by atomic mass is 10.0. The Hall–Kier alpha value is -1.68. The van der Waals surface area contributed by atoms with Gasteiger partial charge in [-0.25, -0.2) is 4.98 Å². The molecule has 0 aliphatic carbocycles. The summed E-state index contributed by atoms with van der Waals surface area (Å²) in [6, 6.07) is 8.53. The molecule has 0 radical (unpaired) electrons. The molecule has 4 nitrogen and oxygen atoms in total. The van der Waals surface area contributed by atoms with Crippen molar-refractivity contribution in [2.24, 2.45) is 5.92 Å². The Morgan fingerprint density at radius 1 is 1.26 bits per heavy atom. The van der Waals surface area contributed by atoms with E-state index in [1.807, 2.05) is 30.5 Å². The van der Waals surface area contributed by atoms with Gasteiger partial charge in [0.05, 0.1) is 17.2 Å². The summed E-state index contributed by atoms with van der Waals surface area (Å²) in [7, 11) is 0. The van der Waals surface area contributed by atoms with Crippen molar-refractivity contribution >= 4 is 16.9 Å². The van der Waals surface area contributed by atoms with Crippen LogP contribution in [0.4, 0.5) is 5.82 Å². The third kappa shape index (κ3) is 2.40. The van der Waals surface area contributed by atoms with Crippen LogP contribution in [0.25, 0.3) is 11.0 Å². The van der Waals surface area contributed by atoms with E-state index in [9.17, 15) is 0 Å². The van der Waals surface area contributed by atoms with E-state index in [1.165, 1.54) is 0 Å². The highest BCUT2D eigenvalue weighted by Crippen LogP contribution is 2.21. The second-order valence-corrected chi connectivity index (χ2v) is 5.43. The van der Waals surface area contributed by atoms with Crippen molar-refractivity contribution in [1.29, 1.82) is 0 Å². The Balaban J connectivity index is 1.97. The Labute approximate surface area is 113 Å².